The number of hydrogen-bond donors (Lipinski definition) is 2. The molecule has 0 aliphatic carbocycles. The van der Waals surface area contributed by atoms with Crippen LogP contribution < -0.4 is 4.74 Å². The van der Waals surface area contributed by atoms with Gasteiger partial charge >= 0.3 is 0 Å². The van der Waals surface area contributed by atoms with Crippen molar-refractivity contribution in [2.75, 3.05) is 7.11 Å². The molecule has 160 valence electrons. The summed E-state index contributed by atoms with van der Waals surface area (Å²) in [5, 5.41) is 7.45. The smallest absolute Gasteiger partial charge is 0.178 e. The number of benzene rings is 1. The van der Waals surface area contributed by atoms with Gasteiger partial charge in [-0.25, -0.2) is 19.3 Å². The van der Waals surface area contributed by atoms with Crippen LogP contribution in [0.5, 0.6) is 5.75 Å². The molecule has 0 saturated heterocycles. The minimum Gasteiger partial charge on any atom is -0.497 e. The van der Waals surface area contributed by atoms with Crippen LogP contribution in [0.3, 0.4) is 0 Å². The van der Waals surface area contributed by atoms with Crippen LogP contribution in [0, 0.1) is 5.82 Å². The molecule has 0 unspecified atom stereocenters. The van der Waals surface area contributed by atoms with Gasteiger partial charge in [0.05, 0.1) is 23.8 Å². The molecule has 0 amide bonds. The maximum atomic E-state index is 14.1. The minimum atomic E-state index is -0.389. The third kappa shape index (κ3) is 3.26. The van der Waals surface area contributed by atoms with Gasteiger partial charge in [-0.2, -0.15) is 5.10 Å². The van der Waals surface area contributed by atoms with Crippen molar-refractivity contribution in [3.05, 3.63) is 72.9 Å². The minimum absolute atomic E-state index is 0.389. The predicted molar refractivity (Wildman–Crippen MR) is 122 cm³/mol. The zero-order chi connectivity index (χ0) is 22.4. The van der Waals surface area contributed by atoms with Crippen molar-refractivity contribution >= 4 is 22.2 Å². The van der Waals surface area contributed by atoms with E-state index in [0.29, 0.717) is 39.5 Å². The topological polar surface area (TPSA) is 105 Å². The number of halogens is 1. The summed E-state index contributed by atoms with van der Waals surface area (Å²) in [4.78, 5) is 21.2. The molecule has 5 heterocycles. The average Bonchev–Trinajstić information content (AvgIpc) is 3.47. The van der Waals surface area contributed by atoms with E-state index in [9.17, 15) is 4.39 Å². The maximum absolute atomic E-state index is 14.1. The Bertz CT molecular complexity index is 1620. The van der Waals surface area contributed by atoms with E-state index in [-0.39, 0.29) is 5.82 Å². The molecule has 1 aromatic carbocycles. The van der Waals surface area contributed by atoms with Crippen LogP contribution in [0.2, 0.25) is 0 Å². The Morgan fingerprint density at radius 3 is 2.64 bits per heavy atom. The van der Waals surface area contributed by atoms with E-state index in [4.69, 9.17) is 9.72 Å². The number of ether oxygens (including phenoxy) is 1. The number of pyridine rings is 3. The van der Waals surface area contributed by atoms with Crippen LogP contribution in [-0.2, 0) is 0 Å². The molecule has 2 N–H and O–H groups in total. The van der Waals surface area contributed by atoms with Crippen molar-refractivity contribution < 1.29 is 9.13 Å². The molecule has 6 aromatic rings. The Hall–Kier alpha value is -4.66. The molecule has 6 rings (SSSR count). The Morgan fingerprint density at radius 2 is 1.79 bits per heavy atom. The van der Waals surface area contributed by atoms with E-state index in [2.05, 4.69) is 30.1 Å². The lowest BCUT2D eigenvalue weighted by Gasteiger charge is -2.06. The van der Waals surface area contributed by atoms with Crippen molar-refractivity contribution in [1.82, 2.24) is 35.1 Å². The monoisotopic (exact) mass is 437 g/mol. The zero-order valence-corrected chi connectivity index (χ0v) is 17.4. The largest absolute Gasteiger partial charge is 0.497 e. The molecule has 9 heteroatoms. The molecule has 8 nitrogen and oxygen atoms in total. The van der Waals surface area contributed by atoms with Crippen LogP contribution in [0.25, 0.3) is 56.1 Å². The standard InChI is InChI=1S/C24H16FN7O/c1-33-16-11-14(10-15(25)12-16)17-6-9-27-23-20(17)29-24(30-23)22-21-19(31-32-22)3-2-18(28-21)13-4-7-26-8-5-13/h2-12H,1H3,(H,31,32)(H,27,29,30). The van der Waals surface area contributed by atoms with E-state index in [0.717, 1.165) is 22.3 Å². The Balaban J connectivity index is 1.50. The zero-order valence-electron chi connectivity index (χ0n) is 17.4. The first-order valence-electron chi connectivity index (χ1n) is 10.1. The lowest BCUT2D eigenvalue weighted by atomic mass is 10.1. The number of imidazole rings is 1. The van der Waals surface area contributed by atoms with Gasteiger partial charge in [0.25, 0.3) is 0 Å². The fourth-order valence-corrected chi connectivity index (χ4v) is 3.85. The van der Waals surface area contributed by atoms with Gasteiger partial charge in [-0.3, -0.25) is 10.1 Å². The highest BCUT2D eigenvalue weighted by atomic mass is 19.1. The van der Waals surface area contributed by atoms with E-state index in [1.807, 2.05) is 24.3 Å². The second-order valence-corrected chi connectivity index (χ2v) is 7.42. The highest BCUT2D eigenvalue weighted by Crippen LogP contribution is 2.32. The molecule has 0 aliphatic rings. The molecular weight excluding hydrogens is 421 g/mol. The number of methoxy groups -OCH3 is 1. The van der Waals surface area contributed by atoms with Crippen molar-refractivity contribution in [2.24, 2.45) is 0 Å². The van der Waals surface area contributed by atoms with Gasteiger partial charge in [0, 0.05) is 35.8 Å². The Morgan fingerprint density at radius 1 is 0.909 bits per heavy atom. The summed E-state index contributed by atoms with van der Waals surface area (Å²) in [6, 6.07) is 14.0. The summed E-state index contributed by atoms with van der Waals surface area (Å²) in [7, 11) is 1.50. The van der Waals surface area contributed by atoms with E-state index in [1.165, 1.54) is 19.2 Å². The number of rotatable bonds is 4. The van der Waals surface area contributed by atoms with Gasteiger partial charge < -0.3 is 9.72 Å². The van der Waals surface area contributed by atoms with Gasteiger partial charge in [-0.1, -0.05) is 0 Å². The maximum Gasteiger partial charge on any atom is 0.178 e. The number of H-pyrrole nitrogens is 2. The van der Waals surface area contributed by atoms with Gasteiger partial charge in [0.2, 0.25) is 0 Å². The van der Waals surface area contributed by atoms with E-state index in [1.54, 1.807) is 30.7 Å². The van der Waals surface area contributed by atoms with Crippen LogP contribution in [0.4, 0.5) is 4.39 Å². The number of aromatic nitrogens is 7. The summed E-state index contributed by atoms with van der Waals surface area (Å²) in [6.45, 7) is 0. The van der Waals surface area contributed by atoms with Crippen molar-refractivity contribution in [2.45, 2.75) is 0 Å². The first-order valence-corrected chi connectivity index (χ1v) is 10.1. The molecule has 33 heavy (non-hydrogen) atoms. The quantitative estimate of drug-likeness (QED) is 0.411. The van der Waals surface area contributed by atoms with Gasteiger partial charge in [0.1, 0.15) is 17.1 Å². The highest BCUT2D eigenvalue weighted by Gasteiger charge is 2.18. The first kappa shape index (κ1) is 19.1. The van der Waals surface area contributed by atoms with E-state index >= 15 is 0 Å². The van der Waals surface area contributed by atoms with Crippen LogP contribution in [-0.4, -0.2) is 42.2 Å². The fraction of sp³-hybridized carbons (Fsp3) is 0.0417. The van der Waals surface area contributed by atoms with Crippen molar-refractivity contribution in [1.29, 1.82) is 0 Å². The predicted octanol–water partition coefficient (Wildman–Crippen LogP) is 4.77. The molecule has 0 fully saturated rings. The summed E-state index contributed by atoms with van der Waals surface area (Å²) in [5.41, 5.74) is 6.35. The lowest BCUT2D eigenvalue weighted by Crippen LogP contribution is -1.89. The number of fused-ring (bicyclic) bond motifs is 2. The van der Waals surface area contributed by atoms with Crippen molar-refractivity contribution in [3.8, 4) is 39.7 Å². The van der Waals surface area contributed by atoms with E-state index < -0.39 is 0 Å². The van der Waals surface area contributed by atoms with Crippen molar-refractivity contribution in [3.63, 3.8) is 0 Å². The summed E-state index contributed by atoms with van der Waals surface area (Å²) in [6.07, 6.45) is 5.10. The van der Waals surface area contributed by atoms with Crippen LogP contribution >= 0.6 is 0 Å². The number of nitrogens with one attached hydrogen (secondary N) is 2. The third-order valence-corrected chi connectivity index (χ3v) is 5.42. The molecule has 5 aromatic heterocycles. The summed E-state index contributed by atoms with van der Waals surface area (Å²) >= 11 is 0. The fourth-order valence-electron chi connectivity index (χ4n) is 3.85. The molecule has 0 radical (unpaired) electrons. The highest BCUT2D eigenvalue weighted by molar-refractivity contribution is 5.95. The van der Waals surface area contributed by atoms with Gasteiger partial charge in [-0.05, 0) is 48.0 Å². The Labute approximate surface area is 186 Å². The first-order chi connectivity index (χ1) is 16.2. The average molecular weight is 437 g/mol. The molecule has 0 spiro atoms. The SMILES string of the molecule is COc1cc(F)cc(-c2ccnc3nc(-c4n[nH]c5ccc(-c6ccncc6)nc45)[nH]c23)c1. The third-order valence-electron chi connectivity index (χ3n) is 5.42. The van der Waals surface area contributed by atoms with Crippen LogP contribution in [0.15, 0.2) is 67.1 Å². The summed E-state index contributed by atoms with van der Waals surface area (Å²) in [5.74, 6) is 0.556. The molecule has 0 bridgehead atoms. The summed E-state index contributed by atoms with van der Waals surface area (Å²) < 4.78 is 19.4. The molecule has 0 saturated carbocycles. The number of hydrogen-bond acceptors (Lipinski definition) is 6. The number of aromatic amines is 2. The lowest BCUT2D eigenvalue weighted by molar-refractivity contribution is 0.411. The molecule has 0 aliphatic heterocycles. The van der Waals surface area contributed by atoms with Gasteiger partial charge in [-0.15, -0.1) is 0 Å². The normalized spacial score (nSPS) is 11.3. The Kier molecular flexibility index (Phi) is 4.32. The second kappa shape index (κ2) is 7.49. The number of nitrogens with zero attached hydrogens (tertiary/aromatic N) is 5. The molecule has 0 atom stereocenters. The second-order valence-electron chi connectivity index (χ2n) is 7.42. The van der Waals surface area contributed by atoms with Gasteiger partial charge in [0.15, 0.2) is 17.2 Å². The van der Waals surface area contributed by atoms with Crippen LogP contribution in [0.1, 0.15) is 0 Å². The molecular formula is C24H16FN7O.